The van der Waals surface area contributed by atoms with E-state index in [2.05, 4.69) is 5.32 Å². The van der Waals surface area contributed by atoms with Crippen LogP contribution in [0.25, 0.3) is 0 Å². The third-order valence-electron chi connectivity index (χ3n) is 3.01. The fraction of sp³-hybridized carbons (Fsp3) is 1.00. The Labute approximate surface area is 96.4 Å². The number of hydrogen-bond donors (Lipinski definition) is 1. The van der Waals surface area contributed by atoms with Crippen molar-refractivity contribution in [3.05, 3.63) is 0 Å². The first-order valence-corrected chi connectivity index (χ1v) is 7.61. The lowest BCUT2D eigenvalue weighted by Crippen LogP contribution is -2.33. The van der Waals surface area contributed by atoms with E-state index in [1.807, 2.05) is 0 Å². The first-order chi connectivity index (χ1) is 7.66. The quantitative estimate of drug-likeness (QED) is 0.670. The first-order valence-electron chi connectivity index (χ1n) is 5.79. The van der Waals surface area contributed by atoms with Gasteiger partial charge < -0.3 is 14.8 Å². The minimum absolute atomic E-state index is 0.119. The van der Waals surface area contributed by atoms with E-state index in [-0.39, 0.29) is 17.9 Å². The van der Waals surface area contributed by atoms with Gasteiger partial charge in [0.2, 0.25) is 0 Å². The van der Waals surface area contributed by atoms with Crippen molar-refractivity contribution in [2.45, 2.75) is 25.0 Å². The molecule has 2 aliphatic heterocycles. The van der Waals surface area contributed by atoms with Crippen LogP contribution >= 0.6 is 0 Å². The molecule has 5 nitrogen and oxygen atoms in total. The molecule has 0 aromatic carbocycles. The van der Waals surface area contributed by atoms with Gasteiger partial charge in [-0.1, -0.05) is 0 Å². The summed E-state index contributed by atoms with van der Waals surface area (Å²) in [5, 5.41) is 3.22. The molecule has 0 aliphatic carbocycles. The van der Waals surface area contributed by atoms with E-state index in [1.54, 1.807) is 0 Å². The standard InChI is InChI=1S/C10H19NO4S/c12-16(13)6-2-9(8-16)11-3-5-15-10-1-4-14-7-10/h9-11H,1-8H2. The molecule has 2 saturated heterocycles. The summed E-state index contributed by atoms with van der Waals surface area (Å²) in [4.78, 5) is 0. The molecule has 6 heteroatoms. The van der Waals surface area contributed by atoms with Gasteiger partial charge in [-0.3, -0.25) is 0 Å². The largest absolute Gasteiger partial charge is 0.379 e. The Morgan fingerprint density at radius 2 is 2.25 bits per heavy atom. The molecule has 0 amide bonds. The van der Waals surface area contributed by atoms with Crippen molar-refractivity contribution in [3.63, 3.8) is 0 Å². The molecule has 16 heavy (non-hydrogen) atoms. The maximum atomic E-state index is 11.2. The van der Waals surface area contributed by atoms with Crippen molar-refractivity contribution in [2.24, 2.45) is 0 Å². The van der Waals surface area contributed by atoms with Gasteiger partial charge in [0.15, 0.2) is 9.84 Å². The van der Waals surface area contributed by atoms with Crippen LogP contribution in [0.4, 0.5) is 0 Å². The lowest BCUT2D eigenvalue weighted by molar-refractivity contribution is 0.0438. The SMILES string of the molecule is O=S1(=O)CCC(NCCOC2CCOC2)C1. The van der Waals surface area contributed by atoms with Gasteiger partial charge in [-0.05, 0) is 12.8 Å². The first kappa shape index (κ1) is 12.3. The van der Waals surface area contributed by atoms with Crippen molar-refractivity contribution in [2.75, 3.05) is 37.9 Å². The van der Waals surface area contributed by atoms with Gasteiger partial charge in [-0.25, -0.2) is 8.42 Å². The predicted molar refractivity (Wildman–Crippen MR) is 60.2 cm³/mol. The third-order valence-corrected chi connectivity index (χ3v) is 4.78. The molecule has 0 aromatic rings. The monoisotopic (exact) mass is 249 g/mol. The number of hydrogen-bond acceptors (Lipinski definition) is 5. The van der Waals surface area contributed by atoms with Crippen LogP contribution in [0.3, 0.4) is 0 Å². The Hall–Kier alpha value is -0.170. The van der Waals surface area contributed by atoms with Crippen molar-refractivity contribution in [3.8, 4) is 0 Å². The zero-order chi connectivity index (χ0) is 11.4. The molecule has 2 rings (SSSR count). The van der Waals surface area contributed by atoms with Crippen LogP contribution in [0.5, 0.6) is 0 Å². The Morgan fingerprint density at radius 1 is 1.38 bits per heavy atom. The molecule has 2 unspecified atom stereocenters. The minimum atomic E-state index is -2.77. The number of sulfone groups is 1. The molecule has 94 valence electrons. The van der Waals surface area contributed by atoms with E-state index < -0.39 is 9.84 Å². The summed E-state index contributed by atoms with van der Waals surface area (Å²) in [5.41, 5.74) is 0. The maximum Gasteiger partial charge on any atom is 0.151 e. The Bertz CT molecular complexity index is 311. The number of ether oxygens (including phenoxy) is 2. The second-order valence-corrected chi connectivity index (χ2v) is 6.64. The molecule has 2 fully saturated rings. The lowest BCUT2D eigenvalue weighted by atomic mass is 10.3. The van der Waals surface area contributed by atoms with Crippen molar-refractivity contribution in [1.29, 1.82) is 0 Å². The molecular weight excluding hydrogens is 230 g/mol. The van der Waals surface area contributed by atoms with Gasteiger partial charge >= 0.3 is 0 Å². The summed E-state index contributed by atoms with van der Waals surface area (Å²) < 4.78 is 33.2. The van der Waals surface area contributed by atoms with E-state index in [1.165, 1.54) is 0 Å². The fourth-order valence-electron chi connectivity index (χ4n) is 2.09. The van der Waals surface area contributed by atoms with E-state index in [0.29, 0.717) is 19.0 Å². The highest BCUT2D eigenvalue weighted by Gasteiger charge is 2.27. The molecule has 0 saturated carbocycles. The van der Waals surface area contributed by atoms with Gasteiger partial charge in [0.05, 0.1) is 30.8 Å². The fourth-order valence-corrected chi connectivity index (χ4v) is 3.80. The predicted octanol–water partition coefficient (Wildman–Crippen LogP) is -0.431. The lowest BCUT2D eigenvalue weighted by Gasteiger charge is -2.13. The van der Waals surface area contributed by atoms with Crippen LogP contribution in [0.15, 0.2) is 0 Å². The van der Waals surface area contributed by atoms with E-state index in [0.717, 1.165) is 26.0 Å². The molecule has 1 N–H and O–H groups in total. The van der Waals surface area contributed by atoms with E-state index in [9.17, 15) is 8.42 Å². The molecule has 2 atom stereocenters. The minimum Gasteiger partial charge on any atom is -0.379 e. The van der Waals surface area contributed by atoms with Crippen LogP contribution in [-0.2, 0) is 19.3 Å². The Balaban J connectivity index is 1.55. The summed E-state index contributed by atoms with van der Waals surface area (Å²) in [6.45, 7) is 2.83. The summed E-state index contributed by atoms with van der Waals surface area (Å²) in [7, 11) is -2.77. The molecule has 0 bridgehead atoms. The number of nitrogens with one attached hydrogen (secondary N) is 1. The smallest absolute Gasteiger partial charge is 0.151 e. The molecular formula is C10H19NO4S. The van der Waals surface area contributed by atoms with Gasteiger partial charge in [-0.15, -0.1) is 0 Å². The molecule has 0 radical (unpaired) electrons. The summed E-state index contributed by atoms with van der Waals surface area (Å²) >= 11 is 0. The second-order valence-electron chi connectivity index (χ2n) is 4.41. The third kappa shape index (κ3) is 3.69. The zero-order valence-electron chi connectivity index (χ0n) is 9.35. The van der Waals surface area contributed by atoms with E-state index >= 15 is 0 Å². The van der Waals surface area contributed by atoms with Gasteiger partial charge in [-0.2, -0.15) is 0 Å². The van der Waals surface area contributed by atoms with Crippen LogP contribution in [0, 0.1) is 0 Å². The molecule has 2 heterocycles. The molecule has 0 spiro atoms. The Morgan fingerprint density at radius 3 is 2.88 bits per heavy atom. The highest BCUT2D eigenvalue weighted by molar-refractivity contribution is 7.91. The van der Waals surface area contributed by atoms with Crippen LogP contribution in [0.2, 0.25) is 0 Å². The average molecular weight is 249 g/mol. The van der Waals surface area contributed by atoms with Crippen LogP contribution < -0.4 is 5.32 Å². The molecule has 0 aromatic heterocycles. The van der Waals surface area contributed by atoms with Gasteiger partial charge in [0, 0.05) is 19.2 Å². The summed E-state index contributed by atoms with van der Waals surface area (Å²) in [6, 6.07) is 0.119. The summed E-state index contributed by atoms with van der Waals surface area (Å²) in [5.74, 6) is 0.599. The average Bonchev–Trinajstić information content (AvgIpc) is 2.82. The topological polar surface area (TPSA) is 64.6 Å². The summed E-state index contributed by atoms with van der Waals surface area (Å²) in [6.07, 6.45) is 1.93. The van der Waals surface area contributed by atoms with E-state index in [4.69, 9.17) is 9.47 Å². The van der Waals surface area contributed by atoms with Crippen LogP contribution in [0.1, 0.15) is 12.8 Å². The van der Waals surface area contributed by atoms with Crippen LogP contribution in [-0.4, -0.2) is 58.4 Å². The van der Waals surface area contributed by atoms with Gasteiger partial charge in [0.1, 0.15) is 0 Å². The highest BCUT2D eigenvalue weighted by atomic mass is 32.2. The number of rotatable bonds is 5. The molecule has 2 aliphatic rings. The zero-order valence-corrected chi connectivity index (χ0v) is 10.2. The van der Waals surface area contributed by atoms with Crippen molar-refractivity contribution >= 4 is 9.84 Å². The van der Waals surface area contributed by atoms with Crippen molar-refractivity contribution < 1.29 is 17.9 Å². The van der Waals surface area contributed by atoms with Gasteiger partial charge in [0.25, 0.3) is 0 Å². The maximum absolute atomic E-state index is 11.2. The normalized spacial score (nSPS) is 33.2. The highest BCUT2D eigenvalue weighted by Crippen LogP contribution is 2.11. The Kier molecular flexibility index (Phi) is 4.18. The second kappa shape index (κ2) is 5.44. The van der Waals surface area contributed by atoms with Crippen molar-refractivity contribution in [1.82, 2.24) is 5.32 Å².